The molecule has 6 nitrogen and oxygen atoms in total. The molecule has 24 heavy (non-hydrogen) atoms. The fourth-order valence-electron chi connectivity index (χ4n) is 2.15. The Labute approximate surface area is 141 Å². The van der Waals surface area contributed by atoms with Gasteiger partial charge in [0.25, 0.3) is 5.91 Å². The molecular formula is C16H12ClFN4O2. The Morgan fingerprint density at radius 1 is 1.17 bits per heavy atom. The molecule has 1 heterocycles. The minimum atomic E-state index is -0.641. The molecule has 0 saturated carbocycles. The number of fused-ring (bicyclic) bond motifs is 1. The Bertz CT molecular complexity index is 892. The number of hydrogen-bond donors (Lipinski definition) is 3. The Kier molecular flexibility index (Phi) is 4.43. The van der Waals surface area contributed by atoms with E-state index in [-0.39, 0.29) is 17.0 Å². The number of para-hydroxylation sites is 2. The third kappa shape index (κ3) is 3.52. The Balaban J connectivity index is 1.59. The lowest BCUT2D eigenvalue weighted by atomic mass is 10.2. The minimum absolute atomic E-state index is 0.0356. The van der Waals surface area contributed by atoms with E-state index in [2.05, 4.69) is 20.8 Å². The van der Waals surface area contributed by atoms with Crippen LogP contribution >= 0.6 is 11.6 Å². The van der Waals surface area contributed by atoms with Crippen LogP contribution in [0.4, 0.5) is 4.39 Å². The van der Waals surface area contributed by atoms with E-state index in [1.54, 1.807) is 0 Å². The van der Waals surface area contributed by atoms with Gasteiger partial charge in [-0.2, -0.15) is 0 Å². The summed E-state index contributed by atoms with van der Waals surface area (Å²) in [5, 5.41) is -0.0426. The molecule has 0 spiro atoms. The zero-order chi connectivity index (χ0) is 17.1. The van der Waals surface area contributed by atoms with Crippen LogP contribution in [0.2, 0.25) is 5.02 Å². The van der Waals surface area contributed by atoms with Gasteiger partial charge in [-0.15, -0.1) is 0 Å². The van der Waals surface area contributed by atoms with E-state index in [1.807, 2.05) is 24.3 Å². The van der Waals surface area contributed by atoms with Crippen molar-refractivity contribution in [3.05, 3.63) is 64.7 Å². The summed E-state index contributed by atoms with van der Waals surface area (Å²) in [6, 6.07) is 10.7. The number of imidazole rings is 1. The van der Waals surface area contributed by atoms with Gasteiger partial charge in [0.05, 0.1) is 28.0 Å². The number of nitrogens with zero attached hydrogens (tertiary/aromatic N) is 1. The van der Waals surface area contributed by atoms with Crippen molar-refractivity contribution in [1.29, 1.82) is 0 Å². The first kappa shape index (κ1) is 15.9. The predicted octanol–water partition coefficient (Wildman–Crippen LogP) is 2.36. The molecule has 3 rings (SSSR count). The van der Waals surface area contributed by atoms with Crippen LogP contribution in [0, 0.1) is 5.82 Å². The minimum Gasteiger partial charge on any atom is -0.342 e. The largest absolute Gasteiger partial charge is 0.342 e. The van der Waals surface area contributed by atoms with Crippen LogP contribution in [-0.2, 0) is 11.2 Å². The molecule has 2 aromatic carbocycles. The highest BCUT2D eigenvalue weighted by Gasteiger charge is 2.13. The normalized spacial score (nSPS) is 10.6. The van der Waals surface area contributed by atoms with E-state index in [4.69, 9.17) is 11.6 Å². The van der Waals surface area contributed by atoms with Crippen LogP contribution in [-0.4, -0.2) is 21.8 Å². The van der Waals surface area contributed by atoms with Crippen LogP contribution < -0.4 is 10.9 Å². The number of benzene rings is 2. The van der Waals surface area contributed by atoms with Gasteiger partial charge >= 0.3 is 0 Å². The average molecular weight is 347 g/mol. The number of carbonyl (C=O) groups is 2. The van der Waals surface area contributed by atoms with E-state index in [1.165, 1.54) is 6.07 Å². The van der Waals surface area contributed by atoms with Crippen LogP contribution in [0.15, 0.2) is 42.5 Å². The topological polar surface area (TPSA) is 86.9 Å². The molecular weight excluding hydrogens is 335 g/mol. The van der Waals surface area contributed by atoms with Gasteiger partial charge in [0.1, 0.15) is 11.6 Å². The van der Waals surface area contributed by atoms with Crippen molar-refractivity contribution in [1.82, 2.24) is 20.8 Å². The van der Waals surface area contributed by atoms with Crippen LogP contribution in [0.25, 0.3) is 11.0 Å². The summed E-state index contributed by atoms with van der Waals surface area (Å²) in [5.74, 6) is -1.17. The Morgan fingerprint density at radius 3 is 2.71 bits per heavy atom. The SMILES string of the molecule is O=C(Cc1nc2ccccc2[nH]1)NNC(=O)c1ccc(F)cc1Cl. The van der Waals surface area contributed by atoms with Gasteiger partial charge in [-0.25, -0.2) is 9.37 Å². The number of H-pyrrole nitrogens is 1. The summed E-state index contributed by atoms with van der Waals surface area (Å²) in [6.45, 7) is 0. The molecule has 0 bridgehead atoms. The van der Waals surface area contributed by atoms with Gasteiger partial charge in [0, 0.05) is 0 Å². The molecule has 1 aromatic heterocycles. The quantitative estimate of drug-likeness (QED) is 0.636. The molecule has 8 heteroatoms. The lowest BCUT2D eigenvalue weighted by Crippen LogP contribution is -2.42. The summed E-state index contributed by atoms with van der Waals surface area (Å²) in [4.78, 5) is 31.1. The second-order valence-electron chi connectivity index (χ2n) is 5.00. The maximum atomic E-state index is 13.0. The Hall–Kier alpha value is -2.93. The van der Waals surface area contributed by atoms with Crippen molar-refractivity contribution >= 4 is 34.4 Å². The van der Waals surface area contributed by atoms with Gasteiger partial charge in [0.2, 0.25) is 5.91 Å². The molecule has 0 fully saturated rings. The summed E-state index contributed by atoms with van der Waals surface area (Å²) in [6.07, 6.45) is -0.0356. The smallest absolute Gasteiger partial charge is 0.271 e. The molecule has 0 aliphatic heterocycles. The van der Waals surface area contributed by atoms with E-state index in [0.29, 0.717) is 5.82 Å². The highest BCUT2D eigenvalue weighted by Crippen LogP contribution is 2.16. The second kappa shape index (κ2) is 6.67. The van der Waals surface area contributed by atoms with Gasteiger partial charge < -0.3 is 4.98 Å². The highest BCUT2D eigenvalue weighted by atomic mass is 35.5. The summed E-state index contributed by atoms with van der Waals surface area (Å²) < 4.78 is 13.0. The number of aromatic nitrogens is 2. The molecule has 0 atom stereocenters. The fraction of sp³-hybridized carbons (Fsp3) is 0.0625. The lowest BCUT2D eigenvalue weighted by Gasteiger charge is -2.07. The molecule has 0 aliphatic rings. The summed E-state index contributed by atoms with van der Waals surface area (Å²) >= 11 is 5.79. The van der Waals surface area contributed by atoms with Crippen molar-refractivity contribution < 1.29 is 14.0 Å². The van der Waals surface area contributed by atoms with E-state index < -0.39 is 17.6 Å². The maximum Gasteiger partial charge on any atom is 0.271 e. The average Bonchev–Trinajstić information content (AvgIpc) is 2.94. The highest BCUT2D eigenvalue weighted by molar-refractivity contribution is 6.33. The number of nitrogens with one attached hydrogen (secondary N) is 3. The zero-order valence-electron chi connectivity index (χ0n) is 12.3. The number of rotatable bonds is 3. The molecule has 0 aliphatic carbocycles. The van der Waals surface area contributed by atoms with Crippen molar-refractivity contribution in [2.75, 3.05) is 0 Å². The third-order valence-electron chi connectivity index (χ3n) is 3.26. The lowest BCUT2D eigenvalue weighted by molar-refractivity contribution is -0.121. The van der Waals surface area contributed by atoms with Crippen molar-refractivity contribution in [2.24, 2.45) is 0 Å². The number of carbonyl (C=O) groups excluding carboxylic acids is 2. The van der Waals surface area contributed by atoms with Gasteiger partial charge in [-0.05, 0) is 30.3 Å². The zero-order valence-corrected chi connectivity index (χ0v) is 13.0. The van der Waals surface area contributed by atoms with E-state index in [0.717, 1.165) is 23.2 Å². The molecule has 0 saturated heterocycles. The number of hydrogen-bond acceptors (Lipinski definition) is 3. The number of hydrazine groups is 1. The van der Waals surface area contributed by atoms with Crippen molar-refractivity contribution in [2.45, 2.75) is 6.42 Å². The maximum absolute atomic E-state index is 13.0. The first-order chi connectivity index (χ1) is 11.5. The third-order valence-corrected chi connectivity index (χ3v) is 3.57. The van der Waals surface area contributed by atoms with E-state index in [9.17, 15) is 14.0 Å². The van der Waals surface area contributed by atoms with Crippen LogP contribution in [0.1, 0.15) is 16.2 Å². The molecule has 3 N–H and O–H groups in total. The molecule has 3 aromatic rings. The number of amides is 2. The summed E-state index contributed by atoms with van der Waals surface area (Å²) in [5.41, 5.74) is 6.12. The van der Waals surface area contributed by atoms with Crippen LogP contribution in [0.5, 0.6) is 0 Å². The van der Waals surface area contributed by atoms with Gasteiger partial charge in [0.15, 0.2) is 0 Å². The number of halogens is 2. The molecule has 2 amide bonds. The summed E-state index contributed by atoms with van der Waals surface area (Å²) in [7, 11) is 0. The van der Waals surface area contributed by atoms with E-state index >= 15 is 0 Å². The first-order valence-corrected chi connectivity index (χ1v) is 7.38. The Morgan fingerprint density at radius 2 is 1.96 bits per heavy atom. The van der Waals surface area contributed by atoms with Gasteiger partial charge in [-0.1, -0.05) is 23.7 Å². The predicted molar refractivity (Wildman–Crippen MR) is 86.8 cm³/mol. The number of aromatic amines is 1. The monoisotopic (exact) mass is 346 g/mol. The van der Waals surface area contributed by atoms with Crippen LogP contribution in [0.3, 0.4) is 0 Å². The fourth-order valence-corrected chi connectivity index (χ4v) is 2.41. The second-order valence-corrected chi connectivity index (χ2v) is 5.41. The standard InChI is InChI=1S/C16H12ClFN4O2/c17-11-7-9(18)5-6-10(11)16(24)22-21-15(23)8-14-19-12-3-1-2-4-13(12)20-14/h1-7H,8H2,(H,19,20)(H,21,23)(H,22,24). The van der Waals surface area contributed by atoms with Crippen molar-refractivity contribution in [3.8, 4) is 0 Å². The van der Waals surface area contributed by atoms with Crippen molar-refractivity contribution in [3.63, 3.8) is 0 Å². The first-order valence-electron chi connectivity index (χ1n) is 7.01. The molecule has 0 unspecified atom stereocenters. The molecule has 0 radical (unpaired) electrons. The molecule has 122 valence electrons. The van der Waals surface area contributed by atoms with Gasteiger partial charge in [-0.3, -0.25) is 20.4 Å².